The summed E-state index contributed by atoms with van der Waals surface area (Å²) in [6.45, 7) is 4.35. The molecule has 1 aliphatic carbocycles. The van der Waals surface area contributed by atoms with E-state index in [2.05, 4.69) is 16.6 Å². The molecule has 0 bridgehead atoms. The van der Waals surface area contributed by atoms with Crippen LogP contribution < -0.4 is 0 Å². The standard InChI is InChI=1S/C16H25ClN4/c1-4-12-5-7-13(8-6-12)21-14(9-10-17)18-15-11(2)19-20(3)16(15)21/h12-13H,4-10H2,1-3H3. The van der Waals surface area contributed by atoms with Gasteiger partial charge in [0, 0.05) is 25.4 Å². The van der Waals surface area contributed by atoms with Crippen LogP contribution in [-0.2, 0) is 13.5 Å². The van der Waals surface area contributed by atoms with Gasteiger partial charge in [-0.05, 0) is 38.5 Å². The summed E-state index contributed by atoms with van der Waals surface area (Å²) < 4.78 is 4.42. The molecule has 0 saturated heterocycles. The summed E-state index contributed by atoms with van der Waals surface area (Å²) in [4.78, 5) is 4.83. The van der Waals surface area contributed by atoms with Crippen LogP contribution in [0.4, 0.5) is 0 Å². The van der Waals surface area contributed by atoms with Crippen molar-refractivity contribution in [3.05, 3.63) is 11.5 Å². The van der Waals surface area contributed by atoms with Crippen molar-refractivity contribution in [1.82, 2.24) is 19.3 Å². The van der Waals surface area contributed by atoms with Crippen LogP contribution in [0.15, 0.2) is 0 Å². The molecule has 0 amide bonds. The molecule has 5 heteroatoms. The lowest BCUT2D eigenvalue weighted by molar-refractivity contribution is 0.268. The number of nitrogens with zero attached hydrogens (tertiary/aromatic N) is 4. The highest BCUT2D eigenvalue weighted by Crippen LogP contribution is 2.36. The Morgan fingerprint density at radius 2 is 1.95 bits per heavy atom. The Morgan fingerprint density at radius 1 is 1.24 bits per heavy atom. The third-order valence-electron chi connectivity index (χ3n) is 4.99. The number of hydrogen-bond acceptors (Lipinski definition) is 2. The van der Waals surface area contributed by atoms with Crippen molar-refractivity contribution in [1.29, 1.82) is 0 Å². The highest BCUT2D eigenvalue weighted by atomic mass is 35.5. The number of halogens is 1. The Balaban J connectivity index is 2.01. The van der Waals surface area contributed by atoms with E-state index in [0.717, 1.165) is 29.4 Å². The number of imidazole rings is 1. The smallest absolute Gasteiger partial charge is 0.158 e. The minimum Gasteiger partial charge on any atom is -0.310 e. The summed E-state index contributed by atoms with van der Waals surface area (Å²) in [6.07, 6.45) is 7.32. The predicted molar refractivity (Wildman–Crippen MR) is 86.9 cm³/mol. The number of aryl methyl sites for hydroxylation is 3. The molecule has 2 aromatic rings. The van der Waals surface area contributed by atoms with Crippen molar-refractivity contribution >= 4 is 22.8 Å². The second-order valence-corrected chi connectivity index (χ2v) is 6.68. The molecule has 0 spiro atoms. The number of alkyl halides is 1. The first-order chi connectivity index (χ1) is 10.2. The van der Waals surface area contributed by atoms with E-state index in [1.807, 2.05) is 18.7 Å². The van der Waals surface area contributed by atoms with Crippen molar-refractivity contribution in [3.63, 3.8) is 0 Å². The molecular weight excluding hydrogens is 284 g/mol. The van der Waals surface area contributed by atoms with Gasteiger partial charge < -0.3 is 4.57 Å². The molecular formula is C16H25ClN4. The molecule has 21 heavy (non-hydrogen) atoms. The molecule has 4 nitrogen and oxygen atoms in total. The molecule has 2 heterocycles. The molecule has 0 aromatic carbocycles. The molecule has 3 rings (SSSR count). The number of hydrogen-bond donors (Lipinski definition) is 0. The molecule has 0 radical (unpaired) electrons. The van der Waals surface area contributed by atoms with E-state index in [1.165, 1.54) is 37.8 Å². The largest absolute Gasteiger partial charge is 0.310 e. The molecule has 0 N–H and O–H groups in total. The molecule has 0 unspecified atom stereocenters. The predicted octanol–water partition coefficient (Wildman–Crippen LogP) is 4.00. The van der Waals surface area contributed by atoms with E-state index < -0.39 is 0 Å². The second-order valence-electron chi connectivity index (χ2n) is 6.30. The molecule has 1 aliphatic rings. The first-order valence-corrected chi connectivity index (χ1v) is 8.65. The van der Waals surface area contributed by atoms with Crippen LogP contribution in [0.2, 0.25) is 0 Å². The van der Waals surface area contributed by atoms with E-state index in [9.17, 15) is 0 Å². The number of aromatic nitrogens is 4. The molecule has 116 valence electrons. The fraction of sp³-hybridized carbons (Fsp3) is 0.750. The first kappa shape index (κ1) is 14.9. The van der Waals surface area contributed by atoms with Gasteiger partial charge in [-0.15, -0.1) is 11.6 Å². The van der Waals surface area contributed by atoms with Crippen LogP contribution >= 0.6 is 11.6 Å². The quantitative estimate of drug-likeness (QED) is 0.800. The average Bonchev–Trinajstić information content (AvgIpc) is 2.98. The van der Waals surface area contributed by atoms with Crippen LogP contribution in [0.3, 0.4) is 0 Å². The van der Waals surface area contributed by atoms with Crippen LogP contribution in [0.1, 0.15) is 56.6 Å². The van der Waals surface area contributed by atoms with Crippen molar-refractivity contribution in [2.45, 2.75) is 58.4 Å². The van der Waals surface area contributed by atoms with Gasteiger partial charge in [-0.2, -0.15) is 5.10 Å². The highest BCUT2D eigenvalue weighted by Gasteiger charge is 2.27. The van der Waals surface area contributed by atoms with Crippen molar-refractivity contribution < 1.29 is 0 Å². The Bertz CT molecular complexity index is 620. The zero-order valence-electron chi connectivity index (χ0n) is 13.3. The first-order valence-electron chi connectivity index (χ1n) is 8.12. The molecule has 2 aromatic heterocycles. The van der Waals surface area contributed by atoms with E-state index >= 15 is 0 Å². The molecule has 0 aliphatic heterocycles. The Morgan fingerprint density at radius 3 is 2.57 bits per heavy atom. The zero-order valence-corrected chi connectivity index (χ0v) is 14.0. The molecule has 1 fully saturated rings. The van der Waals surface area contributed by atoms with Gasteiger partial charge in [0.1, 0.15) is 11.3 Å². The Kier molecular flexibility index (Phi) is 4.25. The Hall–Kier alpha value is -1.03. The Labute approximate surface area is 131 Å². The number of rotatable bonds is 4. The van der Waals surface area contributed by atoms with Crippen LogP contribution in [0.5, 0.6) is 0 Å². The maximum Gasteiger partial charge on any atom is 0.158 e. The van der Waals surface area contributed by atoms with Crippen molar-refractivity contribution in [2.75, 3.05) is 5.88 Å². The van der Waals surface area contributed by atoms with Crippen molar-refractivity contribution in [2.24, 2.45) is 13.0 Å². The van der Waals surface area contributed by atoms with E-state index in [-0.39, 0.29) is 0 Å². The summed E-state index contributed by atoms with van der Waals surface area (Å²) >= 11 is 5.99. The minimum atomic E-state index is 0.561. The molecule has 0 atom stereocenters. The topological polar surface area (TPSA) is 35.6 Å². The number of fused-ring (bicyclic) bond motifs is 1. The summed E-state index contributed by atoms with van der Waals surface area (Å²) in [6, 6.07) is 0.561. The lowest BCUT2D eigenvalue weighted by atomic mass is 9.84. The minimum absolute atomic E-state index is 0.561. The lowest BCUT2D eigenvalue weighted by Gasteiger charge is -2.30. The summed E-state index contributed by atoms with van der Waals surface area (Å²) in [5.41, 5.74) is 3.24. The van der Waals surface area contributed by atoms with Gasteiger partial charge in [0.2, 0.25) is 0 Å². The SMILES string of the molecule is CCC1CCC(n2c(CCCl)nc3c(C)nn(C)c32)CC1. The van der Waals surface area contributed by atoms with Gasteiger partial charge >= 0.3 is 0 Å². The third kappa shape index (κ3) is 2.59. The zero-order chi connectivity index (χ0) is 15.0. The van der Waals surface area contributed by atoms with Gasteiger partial charge in [-0.25, -0.2) is 4.98 Å². The van der Waals surface area contributed by atoms with E-state index in [1.54, 1.807) is 0 Å². The lowest BCUT2D eigenvalue weighted by Crippen LogP contribution is -2.21. The van der Waals surface area contributed by atoms with Crippen LogP contribution in [-0.4, -0.2) is 25.2 Å². The highest BCUT2D eigenvalue weighted by molar-refractivity contribution is 6.17. The summed E-state index contributed by atoms with van der Waals surface area (Å²) in [7, 11) is 2.02. The summed E-state index contributed by atoms with van der Waals surface area (Å²) in [5.74, 6) is 2.67. The average molecular weight is 309 g/mol. The maximum atomic E-state index is 5.99. The van der Waals surface area contributed by atoms with Crippen molar-refractivity contribution in [3.8, 4) is 0 Å². The van der Waals surface area contributed by atoms with E-state index in [0.29, 0.717) is 11.9 Å². The van der Waals surface area contributed by atoms with Gasteiger partial charge in [-0.1, -0.05) is 13.3 Å². The van der Waals surface area contributed by atoms with Gasteiger partial charge in [0.05, 0.1) is 5.69 Å². The fourth-order valence-electron chi connectivity index (χ4n) is 3.80. The van der Waals surface area contributed by atoms with Gasteiger partial charge in [0.15, 0.2) is 5.65 Å². The third-order valence-corrected chi connectivity index (χ3v) is 5.17. The van der Waals surface area contributed by atoms with Gasteiger partial charge in [0.25, 0.3) is 0 Å². The van der Waals surface area contributed by atoms with Crippen LogP contribution in [0.25, 0.3) is 11.2 Å². The summed E-state index contributed by atoms with van der Waals surface area (Å²) in [5, 5.41) is 4.54. The molecule has 1 saturated carbocycles. The maximum absolute atomic E-state index is 5.99. The fourth-order valence-corrected chi connectivity index (χ4v) is 3.97. The van der Waals surface area contributed by atoms with E-state index in [4.69, 9.17) is 16.6 Å². The monoisotopic (exact) mass is 308 g/mol. The van der Waals surface area contributed by atoms with Gasteiger partial charge in [-0.3, -0.25) is 4.68 Å². The van der Waals surface area contributed by atoms with Crippen LogP contribution in [0, 0.1) is 12.8 Å². The second kappa shape index (κ2) is 5.99. The normalized spacial score (nSPS) is 23.0.